The summed E-state index contributed by atoms with van der Waals surface area (Å²) in [5.74, 6) is 7.54. The van der Waals surface area contributed by atoms with Crippen LogP contribution >= 0.6 is 0 Å². The number of nitrogens with two attached hydrogens (primary N) is 2. The first-order valence-corrected chi connectivity index (χ1v) is 3.21. The van der Waals surface area contributed by atoms with Gasteiger partial charge in [0.25, 0.3) is 6.67 Å². The molecule has 0 saturated heterocycles. The molecule has 4 N–H and O–H groups in total. The maximum absolute atomic E-state index is 11.2. The number of rotatable bonds is 2. The van der Waals surface area contributed by atoms with Gasteiger partial charge in [0.2, 0.25) is 0 Å². The first-order valence-electron chi connectivity index (χ1n) is 3.21. The van der Waals surface area contributed by atoms with E-state index in [9.17, 15) is 25.4 Å². The second-order valence-electron chi connectivity index (χ2n) is 2.57. The summed E-state index contributed by atoms with van der Waals surface area (Å²) in [6.07, 6.45) is 0. The van der Waals surface area contributed by atoms with E-state index in [1.165, 1.54) is 0 Å². The molecule has 0 aromatic carbocycles. The van der Waals surface area contributed by atoms with Crippen molar-refractivity contribution < 1.29 is 14.6 Å². The summed E-state index contributed by atoms with van der Waals surface area (Å²) >= 11 is 0. The van der Waals surface area contributed by atoms with Gasteiger partial charge in [-0.1, -0.05) is 0 Å². The third kappa shape index (κ3) is 1.35. The Labute approximate surface area is 76.2 Å². The van der Waals surface area contributed by atoms with E-state index >= 15 is 0 Å². The summed E-state index contributed by atoms with van der Waals surface area (Å²) in [6, 6.07) is 0. The summed E-state index contributed by atoms with van der Waals surface area (Å²) in [6.45, 7) is -0.771. The van der Waals surface area contributed by atoms with E-state index in [-0.39, 0.29) is 0 Å². The van der Waals surface area contributed by atoms with E-state index < -0.39 is 32.9 Å². The average Bonchev–Trinajstić information content (AvgIpc) is 2.19. The molecule has 1 aliphatic heterocycles. The van der Waals surface area contributed by atoms with Crippen molar-refractivity contribution in [1.29, 1.82) is 0 Å². The molecule has 0 amide bonds. The Morgan fingerprint density at radius 3 is 2.14 bits per heavy atom. The molecule has 1 unspecified atom stereocenters. The van der Waals surface area contributed by atoms with Crippen LogP contribution in [0.3, 0.4) is 0 Å². The molecule has 0 fully saturated rings. The van der Waals surface area contributed by atoms with Gasteiger partial charge in [-0.15, -0.1) is 9.76 Å². The summed E-state index contributed by atoms with van der Waals surface area (Å²) in [5.41, 5.74) is 0. The van der Waals surface area contributed by atoms with E-state index in [0.717, 1.165) is 0 Å². The highest BCUT2D eigenvalue weighted by Gasteiger charge is 2.55. The van der Waals surface area contributed by atoms with Gasteiger partial charge in [-0.25, -0.2) is 0 Å². The van der Waals surface area contributed by atoms with Gasteiger partial charge in [-0.3, -0.25) is 10.1 Å². The standard InChI is InChI=1S/C3H6N6O5/c4-6-1-9(5,14)3(8(12)13)2(6)7(10)11/h1,4-5H2. The van der Waals surface area contributed by atoms with Crippen LogP contribution in [0.4, 0.5) is 0 Å². The number of hydrazine groups is 1. The third-order valence-electron chi connectivity index (χ3n) is 1.54. The molecule has 0 aromatic rings. The Hall–Kier alpha value is -1.82. The van der Waals surface area contributed by atoms with Gasteiger partial charge in [-0.05, 0) is 4.92 Å². The van der Waals surface area contributed by atoms with Crippen molar-refractivity contribution in [2.24, 2.45) is 11.7 Å². The largest absolute Gasteiger partial charge is 0.599 e. The molecule has 0 radical (unpaired) electrons. The normalized spacial score (nSPS) is 26.9. The Kier molecular flexibility index (Phi) is 2.09. The fourth-order valence-electron chi connectivity index (χ4n) is 1.06. The first-order chi connectivity index (χ1) is 6.27. The molecular formula is C3H6N6O5. The van der Waals surface area contributed by atoms with Crippen LogP contribution in [0.15, 0.2) is 11.6 Å². The van der Waals surface area contributed by atoms with Gasteiger partial charge in [-0.2, -0.15) is 11.7 Å². The fourth-order valence-corrected chi connectivity index (χ4v) is 1.06. The van der Waals surface area contributed by atoms with E-state index in [0.29, 0.717) is 5.01 Å². The molecule has 0 aliphatic carbocycles. The Morgan fingerprint density at radius 1 is 1.36 bits per heavy atom. The molecule has 0 aromatic heterocycles. The fraction of sp³-hybridized carbons (Fsp3) is 0.333. The molecule has 0 bridgehead atoms. The Morgan fingerprint density at radius 2 is 1.86 bits per heavy atom. The second-order valence-corrected chi connectivity index (χ2v) is 2.57. The number of quaternary nitrogens is 1. The zero-order valence-electron chi connectivity index (χ0n) is 6.69. The molecule has 14 heavy (non-hydrogen) atoms. The van der Waals surface area contributed by atoms with Crippen LogP contribution < -0.4 is 11.7 Å². The maximum Gasteiger partial charge on any atom is 0.545 e. The molecular weight excluding hydrogens is 200 g/mol. The van der Waals surface area contributed by atoms with Crippen molar-refractivity contribution in [2.75, 3.05) is 6.67 Å². The summed E-state index contributed by atoms with van der Waals surface area (Å²) in [5, 5.41) is 32.2. The molecule has 1 atom stereocenters. The maximum atomic E-state index is 11.2. The van der Waals surface area contributed by atoms with E-state index in [2.05, 4.69) is 0 Å². The number of hydroxylamine groups is 2. The zero-order chi connectivity index (χ0) is 11.1. The average molecular weight is 206 g/mol. The van der Waals surface area contributed by atoms with Crippen LogP contribution in [-0.4, -0.2) is 26.3 Å². The van der Waals surface area contributed by atoms with E-state index in [1.807, 2.05) is 0 Å². The quantitative estimate of drug-likeness (QED) is 0.172. The van der Waals surface area contributed by atoms with E-state index in [4.69, 9.17) is 11.7 Å². The first kappa shape index (κ1) is 10.3. The molecule has 1 heterocycles. The minimum absolute atomic E-state index is 0.338. The SMILES string of the molecule is NN1C[N+](N)([O-])C([N+](=O)[O-])=C1[N+](=O)[O-]. The Balaban J connectivity index is 3.33. The van der Waals surface area contributed by atoms with Crippen LogP contribution in [0.1, 0.15) is 0 Å². The van der Waals surface area contributed by atoms with Crippen LogP contribution in [0, 0.1) is 25.4 Å². The second kappa shape index (κ2) is 2.85. The number of nitro groups is 2. The van der Waals surface area contributed by atoms with Gasteiger partial charge in [0, 0.05) is 0 Å². The predicted octanol–water partition coefficient (Wildman–Crippen LogP) is -2.00. The summed E-state index contributed by atoms with van der Waals surface area (Å²) in [4.78, 5) is 18.3. The lowest BCUT2D eigenvalue weighted by molar-refractivity contribution is -0.910. The highest BCUT2D eigenvalue weighted by atomic mass is 16.7. The summed E-state index contributed by atoms with van der Waals surface area (Å²) < 4.78 is -1.99. The minimum atomic E-state index is -1.99. The molecule has 11 nitrogen and oxygen atoms in total. The highest BCUT2D eigenvalue weighted by Crippen LogP contribution is 2.24. The molecule has 78 valence electrons. The van der Waals surface area contributed by atoms with Crippen LogP contribution in [0.5, 0.6) is 0 Å². The highest BCUT2D eigenvalue weighted by molar-refractivity contribution is 4.95. The zero-order valence-corrected chi connectivity index (χ0v) is 6.69. The number of hydrogen-bond donors (Lipinski definition) is 2. The summed E-state index contributed by atoms with van der Waals surface area (Å²) in [7, 11) is 0. The third-order valence-corrected chi connectivity index (χ3v) is 1.54. The van der Waals surface area contributed by atoms with Gasteiger partial charge in [0.05, 0.1) is 0 Å². The number of nitrogens with zero attached hydrogens (tertiary/aromatic N) is 4. The van der Waals surface area contributed by atoms with Crippen LogP contribution in [0.25, 0.3) is 0 Å². The van der Waals surface area contributed by atoms with Crippen molar-refractivity contribution in [3.63, 3.8) is 0 Å². The lowest BCUT2D eigenvalue weighted by Crippen LogP contribution is -2.51. The molecule has 1 aliphatic rings. The van der Waals surface area contributed by atoms with Gasteiger partial charge in [0.1, 0.15) is 4.92 Å². The molecule has 0 saturated carbocycles. The van der Waals surface area contributed by atoms with Crippen LogP contribution in [0.2, 0.25) is 0 Å². The topological polar surface area (TPSA) is 165 Å². The Bertz CT molecular complexity index is 334. The lowest BCUT2D eigenvalue weighted by Gasteiger charge is -2.23. The van der Waals surface area contributed by atoms with Crippen LogP contribution in [-0.2, 0) is 0 Å². The van der Waals surface area contributed by atoms with Crippen molar-refractivity contribution >= 4 is 0 Å². The molecule has 1 rings (SSSR count). The van der Waals surface area contributed by atoms with Gasteiger partial charge < -0.3 is 15.3 Å². The molecule has 0 spiro atoms. The van der Waals surface area contributed by atoms with Crippen molar-refractivity contribution in [3.8, 4) is 0 Å². The van der Waals surface area contributed by atoms with E-state index in [1.54, 1.807) is 0 Å². The lowest BCUT2D eigenvalue weighted by atomic mass is 10.6. The van der Waals surface area contributed by atoms with Gasteiger partial charge >= 0.3 is 11.6 Å². The van der Waals surface area contributed by atoms with Crippen molar-refractivity contribution in [1.82, 2.24) is 5.01 Å². The monoisotopic (exact) mass is 206 g/mol. The predicted molar refractivity (Wildman–Crippen MR) is 39.7 cm³/mol. The van der Waals surface area contributed by atoms with Gasteiger partial charge in [0.15, 0.2) is 0 Å². The molecule has 11 heteroatoms. The number of hydrogen-bond acceptors (Lipinski definition) is 8. The minimum Gasteiger partial charge on any atom is -0.599 e. The van der Waals surface area contributed by atoms with Crippen molar-refractivity contribution in [3.05, 3.63) is 37.1 Å². The smallest absolute Gasteiger partial charge is 0.545 e. The van der Waals surface area contributed by atoms with Crippen molar-refractivity contribution in [2.45, 2.75) is 0 Å².